The topological polar surface area (TPSA) is 32.3 Å². The van der Waals surface area contributed by atoms with Gasteiger partial charge in [0.15, 0.2) is 0 Å². The normalized spacial score (nSPS) is 37.2. The molecule has 0 aliphatic carbocycles. The third-order valence-electron chi connectivity index (χ3n) is 3.11. The molecule has 2 heterocycles. The standard InChI is InChI=1S/C9H16N2O/c1-11-5-3-7-2-4-10-9(12)8(7)6-11/h7-8H,2-6H2,1H3,(H,10,12)/t7-,8-/m0/s1. The number of piperidine rings is 2. The van der Waals surface area contributed by atoms with Gasteiger partial charge < -0.3 is 10.2 Å². The van der Waals surface area contributed by atoms with Crippen LogP contribution in [0.1, 0.15) is 12.8 Å². The van der Waals surface area contributed by atoms with Crippen molar-refractivity contribution in [2.24, 2.45) is 11.8 Å². The first kappa shape index (κ1) is 8.05. The summed E-state index contributed by atoms with van der Waals surface area (Å²) in [6.45, 7) is 3.01. The molecule has 0 aromatic heterocycles. The number of nitrogens with zero attached hydrogens (tertiary/aromatic N) is 1. The van der Waals surface area contributed by atoms with Gasteiger partial charge in [-0.25, -0.2) is 0 Å². The van der Waals surface area contributed by atoms with E-state index in [9.17, 15) is 4.79 Å². The van der Waals surface area contributed by atoms with Gasteiger partial charge in [-0.1, -0.05) is 0 Å². The van der Waals surface area contributed by atoms with Crippen molar-refractivity contribution in [3.05, 3.63) is 0 Å². The Balaban J connectivity index is 2.05. The van der Waals surface area contributed by atoms with Crippen LogP contribution in [0.2, 0.25) is 0 Å². The number of likely N-dealkylation sites (tertiary alicyclic amines) is 1. The fourth-order valence-corrected chi connectivity index (χ4v) is 2.32. The summed E-state index contributed by atoms with van der Waals surface area (Å²) in [6, 6.07) is 0. The fourth-order valence-electron chi connectivity index (χ4n) is 2.32. The molecule has 0 saturated carbocycles. The first-order valence-corrected chi connectivity index (χ1v) is 4.73. The summed E-state index contributed by atoms with van der Waals surface area (Å²) in [7, 11) is 2.10. The summed E-state index contributed by atoms with van der Waals surface area (Å²) in [4.78, 5) is 13.7. The Labute approximate surface area is 73.1 Å². The van der Waals surface area contributed by atoms with Gasteiger partial charge in [-0.2, -0.15) is 0 Å². The molecule has 0 aromatic carbocycles. The van der Waals surface area contributed by atoms with Crippen LogP contribution in [0.3, 0.4) is 0 Å². The number of fused-ring (bicyclic) bond motifs is 1. The first-order valence-electron chi connectivity index (χ1n) is 4.73. The fraction of sp³-hybridized carbons (Fsp3) is 0.889. The highest BCUT2D eigenvalue weighted by atomic mass is 16.2. The van der Waals surface area contributed by atoms with E-state index in [1.807, 2.05) is 0 Å². The van der Waals surface area contributed by atoms with E-state index < -0.39 is 0 Å². The second kappa shape index (κ2) is 3.05. The lowest BCUT2D eigenvalue weighted by atomic mass is 9.80. The number of carbonyl (C=O) groups is 1. The zero-order valence-electron chi connectivity index (χ0n) is 7.55. The quantitative estimate of drug-likeness (QED) is 0.555. The lowest BCUT2D eigenvalue weighted by molar-refractivity contribution is -0.131. The third kappa shape index (κ3) is 1.33. The van der Waals surface area contributed by atoms with E-state index in [0.29, 0.717) is 5.92 Å². The first-order chi connectivity index (χ1) is 5.77. The molecule has 1 N–H and O–H groups in total. The summed E-state index contributed by atoms with van der Waals surface area (Å²) in [5.74, 6) is 1.21. The summed E-state index contributed by atoms with van der Waals surface area (Å²) in [6.07, 6.45) is 2.39. The number of carbonyl (C=O) groups excluding carboxylic acids is 1. The Bertz CT molecular complexity index is 193. The van der Waals surface area contributed by atoms with Crippen molar-refractivity contribution in [2.75, 3.05) is 26.7 Å². The molecule has 2 atom stereocenters. The highest BCUT2D eigenvalue weighted by Gasteiger charge is 2.35. The number of hydrogen-bond acceptors (Lipinski definition) is 2. The van der Waals surface area contributed by atoms with E-state index in [1.165, 1.54) is 12.8 Å². The van der Waals surface area contributed by atoms with Gasteiger partial charge in [0.1, 0.15) is 0 Å². The predicted molar refractivity (Wildman–Crippen MR) is 46.7 cm³/mol. The molecule has 2 rings (SSSR count). The van der Waals surface area contributed by atoms with E-state index in [-0.39, 0.29) is 11.8 Å². The van der Waals surface area contributed by atoms with Gasteiger partial charge in [0.2, 0.25) is 5.91 Å². The number of nitrogens with one attached hydrogen (secondary N) is 1. The van der Waals surface area contributed by atoms with Crippen LogP contribution in [-0.4, -0.2) is 37.5 Å². The van der Waals surface area contributed by atoms with Crippen LogP contribution in [0.25, 0.3) is 0 Å². The highest BCUT2D eigenvalue weighted by molar-refractivity contribution is 5.80. The second-order valence-electron chi connectivity index (χ2n) is 4.00. The Hall–Kier alpha value is -0.570. The zero-order chi connectivity index (χ0) is 8.55. The Morgan fingerprint density at radius 3 is 3.17 bits per heavy atom. The minimum Gasteiger partial charge on any atom is -0.356 e. The van der Waals surface area contributed by atoms with Crippen LogP contribution < -0.4 is 5.32 Å². The number of hydrogen-bond donors (Lipinski definition) is 1. The van der Waals surface area contributed by atoms with Crippen LogP contribution in [0.5, 0.6) is 0 Å². The summed E-state index contributed by atoms with van der Waals surface area (Å²) >= 11 is 0. The smallest absolute Gasteiger partial charge is 0.224 e. The Kier molecular flexibility index (Phi) is 2.05. The Morgan fingerprint density at radius 1 is 1.50 bits per heavy atom. The molecule has 0 spiro atoms. The maximum atomic E-state index is 11.4. The van der Waals surface area contributed by atoms with Gasteiger partial charge in [-0.15, -0.1) is 0 Å². The van der Waals surface area contributed by atoms with Crippen LogP contribution in [0.4, 0.5) is 0 Å². The van der Waals surface area contributed by atoms with E-state index >= 15 is 0 Å². The molecule has 12 heavy (non-hydrogen) atoms. The maximum absolute atomic E-state index is 11.4. The van der Waals surface area contributed by atoms with Gasteiger partial charge in [0.05, 0.1) is 5.92 Å². The molecule has 3 nitrogen and oxygen atoms in total. The molecule has 2 fully saturated rings. The van der Waals surface area contributed by atoms with Crippen molar-refractivity contribution in [3.8, 4) is 0 Å². The summed E-state index contributed by atoms with van der Waals surface area (Å²) in [5.41, 5.74) is 0. The second-order valence-corrected chi connectivity index (χ2v) is 4.00. The molecule has 2 aliphatic rings. The molecule has 0 bridgehead atoms. The van der Waals surface area contributed by atoms with Crippen molar-refractivity contribution in [1.29, 1.82) is 0 Å². The summed E-state index contributed by atoms with van der Waals surface area (Å²) < 4.78 is 0. The van der Waals surface area contributed by atoms with Crippen molar-refractivity contribution >= 4 is 5.91 Å². The monoisotopic (exact) mass is 168 g/mol. The van der Waals surface area contributed by atoms with Gasteiger partial charge in [0.25, 0.3) is 0 Å². The average Bonchev–Trinajstić information content (AvgIpc) is 2.07. The van der Waals surface area contributed by atoms with Crippen LogP contribution >= 0.6 is 0 Å². The van der Waals surface area contributed by atoms with Crippen LogP contribution in [0.15, 0.2) is 0 Å². The molecule has 68 valence electrons. The molecule has 2 saturated heterocycles. The largest absolute Gasteiger partial charge is 0.356 e. The minimum atomic E-state index is 0.275. The lowest BCUT2D eigenvalue weighted by Gasteiger charge is -2.38. The van der Waals surface area contributed by atoms with E-state index in [4.69, 9.17) is 0 Å². The van der Waals surface area contributed by atoms with Gasteiger partial charge in [0, 0.05) is 13.1 Å². The molecular weight excluding hydrogens is 152 g/mol. The van der Waals surface area contributed by atoms with Crippen LogP contribution in [0, 0.1) is 11.8 Å². The molecule has 0 radical (unpaired) electrons. The van der Waals surface area contributed by atoms with Crippen molar-refractivity contribution in [3.63, 3.8) is 0 Å². The maximum Gasteiger partial charge on any atom is 0.224 e. The van der Waals surface area contributed by atoms with Crippen molar-refractivity contribution in [2.45, 2.75) is 12.8 Å². The van der Waals surface area contributed by atoms with E-state index in [2.05, 4.69) is 17.3 Å². The number of amides is 1. The SMILES string of the molecule is CN1CC[C@@H]2CCNC(=O)[C@H]2C1. The molecule has 2 aliphatic heterocycles. The predicted octanol–water partition coefficient (Wildman–Crippen LogP) is 0.0742. The molecule has 0 unspecified atom stereocenters. The zero-order valence-corrected chi connectivity index (χ0v) is 7.55. The third-order valence-corrected chi connectivity index (χ3v) is 3.11. The molecular formula is C9H16N2O. The average molecular weight is 168 g/mol. The number of rotatable bonds is 0. The van der Waals surface area contributed by atoms with E-state index in [0.717, 1.165) is 19.6 Å². The lowest BCUT2D eigenvalue weighted by Crippen LogP contribution is -2.50. The van der Waals surface area contributed by atoms with Crippen molar-refractivity contribution in [1.82, 2.24) is 10.2 Å². The summed E-state index contributed by atoms with van der Waals surface area (Å²) in [5, 5.41) is 2.94. The van der Waals surface area contributed by atoms with Gasteiger partial charge in [-0.05, 0) is 32.4 Å². The van der Waals surface area contributed by atoms with E-state index in [1.54, 1.807) is 0 Å². The van der Waals surface area contributed by atoms with Crippen LogP contribution in [-0.2, 0) is 4.79 Å². The van der Waals surface area contributed by atoms with Crippen molar-refractivity contribution < 1.29 is 4.79 Å². The Morgan fingerprint density at radius 2 is 2.33 bits per heavy atom. The van der Waals surface area contributed by atoms with Gasteiger partial charge in [-0.3, -0.25) is 4.79 Å². The van der Waals surface area contributed by atoms with Gasteiger partial charge >= 0.3 is 0 Å². The molecule has 0 aromatic rings. The molecule has 3 heteroatoms. The minimum absolute atomic E-state index is 0.275. The highest BCUT2D eigenvalue weighted by Crippen LogP contribution is 2.27. The molecule has 1 amide bonds.